The monoisotopic (exact) mass is 236 g/mol. The summed E-state index contributed by atoms with van der Waals surface area (Å²) < 4.78 is 7.48. The van der Waals surface area contributed by atoms with Gasteiger partial charge < -0.3 is 9.73 Å². The van der Waals surface area contributed by atoms with Gasteiger partial charge in [0.1, 0.15) is 12.1 Å². The third-order valence-electron chi connectivity index (χ3n) is 2.01. The van der Waals surface area contributed by atoms with Crippen LogP contribution in [0.4, 0.5) is 5.95 Å². The predicted molar refractivity (Wildman–Crippen MR) is 62.8 cm³/mol. The minimum absolute atomic E-state index is 0.488. The fourth-order valence-corrected chi connectivity index (χ4v) is 1.48. The smallest absolute Gasteiger partial charge is 0.226 e. The van der Waals surface area contributed by atoms with E-state index in [0.717, 1.165) is 12.3 Å². The van der Waals surface area contributed by atoms with Gasteiger partial charge in [0, 0.05) is 6.54 Å². The van der Waals surface area contributed by atoms with Crippen molar-refractivity contribution in [1.82, 2.24) is 14.5 Å². The van der Waals surface area contributed by atoms with E-state index in [1.165, 1.54) is 0 Å². The van der Waals surface area contributed by atoms with E-state index in [1.807, 2.05) is 19.1 Å². The van der Waals surface area contributed by atoms with Gasteiger partial charge >= 0.3 is 0 Å². The van der Waals surface area contributed by atoms with Crippen LogP contribution < -0.4 is 5.32 Å². The lowest BCUT2D eigenvalue weighted by atomic mass is 10.4. The lowest BCUT2D eigenvalue weighted by Gasteiger charge is -2.05. The summed E-state index contributed by atoms with van der Waals surface area (Å²) in [6.07, 6.45) is 3.29. The second-order valence-corrected chi connectivity index (χ2v) is 3.57. The summed E-state index contributed by atoms with van der Waals surface area (Å²) in [4.78, 5) is 8.30. The lowest BCUT2D eigenvalue weighted by Crippen LogP contribution is -2.08. The summed E-state index contributed by atoms with van der Waals surface area (Å²) in [6.45, 7) is 3.31. The molecule has 0 spiro atoms. The Morgan fingerprint density at radius 1 is 1.56 bits per heavy atom. The molecule has 2 rings (SSSR count). The molecule has 0 saturated heterocycles. The van der Waals surface area contributed by atoms with E-state index in [9.17, 15) is 0 Å². The van der Waals surface area contributed by atoms with Gasteiger partial charge in [-0.3, -0.25) is 4.57 Å². The van der Waals surface area contributed by atoms with E-state index < -0.39 is 0 Å². The van der Waals surface area contributed by atoms with Gasteiger partial charge in [-0.1, -0.05) is 0 Å². The van der Waals surface area contributed by atoms with Crippen LogP contribution in [0.15, 0.2) is 29.1 Å². The summed E-state index contributed by atoms with van der Waals surface area (Å²) in [6, 6.07) is 3.73. The van der Waals surface area contributed by atoms with E-state index in [1.54, 1.807) is 17.2 Å². The summed E-state index contributed by atoms with van der Waals surface area (Å²) in [7, 11) is 0. The first-order valence-electron chi connectivity index (χ1n) is 4.99. The van der Waals surface area contributed by atoms with Crippen molar-refractivity contribution in [2.75, 3.05) is 11.9 Å². The van der Waals surface area contributed by atoms with Crippen molar-refractivity contribution in [3.63, 3.8) is 0 Å². The Balaban J connectivity index is 2.20. The Labute approximate surface area is 98.2 Å². The number of anilines is 1. The molecule has 0 saturated carbocycles. The van der Waals surface area contributed by atoms with Crippen molar-refractivity contribution in [2.24, 2.45) is 0 Å². The highest BCUT2D eigenvalue weighted by Gasteiger charge is 2.00. The van der Waals surface area contributed by atoms with Crippen LogP contribution in [-0.2, 0) is 6.54 Å². The van der Waals surface area contributed by atoms with E-state index in [4.69, 9.17) is 16.6 Å². The van der Waals surface area contributed by atoms with Crippen molar-refractivity contribution in [1.29, 1.82) is 0 Å². The number of furan rings is 1. The van der Waals surface area contributed by atoms with E-state index >= 15 is 0 Å². The number of hydrogen-bond acceptors (Lipinski definition) is 5. The van der Waals surface area contributed by atoms with Gasteiger partial charge in [0.15, 0.2) is 0 Å². The zero-order valence-corrected chi connectivity index (χ0v) is 9.70. The molecule has 0 aliphatic heterocycles. The SMILES string of the molecule is CCNc1ncn(Cc2ccco2)c(=S)n1. The highest BCUT2D eigenvalue weighted by atomic mass is 32.1. The van der Waals surface area contributed by atoms with Crippen LogP contribution in [0.3, 0.4) is 0 Å². The summed E-state index contributed by atoms with van der Waals surface area (Å²) in [5.41, 5.74) is 0. The first-order chi connectivity index (χ1) is 7.79. The van der Waals surface area contributed by atoms with Gasteiger partial charge in [0.2, 0.25) is 10.7 Å². The minimum Gasteiger partial charge on any atom is -0.467 e. The molecule has 0 amide bonds. The molecule has 0 aliphatic rings. The molecule has 0 atom stereocenters. The zero-order valence-electron chi connectivity index (χ0n) is 8.88. The van der Waals surface area contributed by atoms with Crippen molar-refractivity contribution in [3.05, 3.63) is 35.3 Å². The molecule has 2 aromatic rings. The number of aromatic nitrogens is 3. The van der Waals surface area contributed by atoms with Crippen LogP contribution in [0.25, 0.3) is 0 Å². The van der Waals surface area contributed by atoms with Crippen LogP contribution in [0.5, 0.6) is 0 Å². The first kappa shape index (κ1) is 10.8. The molecule has 16 heavy (non-hydrogen) atoms. The van der Waals surface area contributed by atoms with Crippen LogP contribution in [0, 0.1) is 4.77 Å². The Hall–Kier alpha value is -1.69. The van der Waals surface area contributed by atoms with Gasteiger partial charge in [-0.05, 0) is 31.3 Å². The van der Waals surface area contributed by atoms with Crippen LogP contribution >= 0.6 is 12.2 Å². The average molecular weight is 236 g/mol. The highest BCUT2D eigenvalue weighted by molar-refractivity contribution is 7.71. The van der Waals surface area contributed by atoms with Gasteiger partial charge in [0.05, 0.1) is 12.8 Å². The maximum absolute atomic E-state index is 5.23. The topological polar surface area (TPSA) is 55.9 Å². The van der Waals surface area contributed by atoms with Crippen molar-refractivity contribution in [2.45, 2.75) is 13.5 Å². The Bertz CT molecular complexity index is 506. The molecule has 2 heterocycles. The molecule has 0 bridgehead atoms. The fraction of sp³-hybridized carbons (Fsp3) is 0.300. The molecule has 1 N–H and O–H groups in total. The maximum Gasteiger partial charge on any atom is 0.226 e. The normalized spacial score (nSPS) is 10.3. The quantitative estimate of drug-likeness (QED) is 0.824. The number of nitrogens with zero attached hydrogens (tertiary/aromatic N) is 3. The van der Waals surface area contributed by atoms with Crippen LogP contribution in [-0.4, -0.2) is 21.1 Å². The van der Waals surface area contributed by atoms with Gasteiger partial charge in [-0.15, -0.1) is 0 Å². The van der Waals surface area contributed by atoms with E-state index in [2.05, 4.69) is 15.3 Å². The van der Waals surface area contributed by atoms with Gasteiger partial charge in [-0.25, -0.2) is 4.98 Å². The third kappa shape index (κ3) is 2.46. The van der Waals surface area contributed by atoms with Gasteiger partial charge in [0.25, 0.3) is 0 Å². The zero-order chi connectivity index (χ0) is 11.4. The summed E-state index contributed by atoms with van der Waals surface area (Å²) in [5, 5.41) is 3.01. The lowest BCUT2D eigenvalue weighted by molar-refractivity contribution is 0.488. The average Bonchev–Trinajstić information content (AvgIpc) is 2.75. The first-order valence-corrected chi connectivity index (χ1v) is 5.40. The molecule has 0 unspecified atom stereocenters. The second-order valence-electron chi connectivity index (χ2n) is 3.20. The summed E-state index contributed by atoms with van der Waals surface area (Å²) in [5.74, 6) is 1.39. The van der Waals surface area contributed by atoms with Crippen LogP contribution in [0.1, 0.15) is 12.7 Å². The highest BCUT2D eigenvalue weighted by Crippen LogP contribution is 2.04. The molecular weight excluding hydrogens is 224 g/mol. The van der Waals surface area contributed by atoms with Crippen LogP contribution in [0.2, 0.25) is 0 Å². The number of rotatable bonds is 4. The number of nitrogens with one attached hydrogen (secondary N) is 1. The van der Waals surface area contributed by atoms with Gasteiger partial charge in [-0.2, -0.15) is 4.98 Å². The molecule has 0 aliphatic carbocycles. The Morgan fingerprint density at radius 3 is 3.06 bits per heavy atom. The largest absolute Gasteiger partial charge is 0.467 e. The maximum atomic E-state index is 5.23. The molecule has 0 radical (unpaired) electrons. The fourth-order valence-electron chi connectivity index (χ4n) is 1.28. The predicted octanol–water partition coefficient (Wildman–Crippen LogP) is 2.08. The molecule has 6 heteroatoms. The summed E-state index contributed by atoms with van der Waals surface area (Å²) >= 11 is 5.16. The standard InChI is InChI=1S/C10H12N4OS/c1-2-11-9-12-7-14(10(16)13-9)6-8-4-3-5-15-8/h3-5,7H,2,6H2,1H3,(H,11,13,16). The third-order valence-corrected chi connectivity index (χ3v) is 2.33. The molecule has 2 aromatic heterocycles. The molecular formula is C10H12N4OS. The molecule has 5 nitrogen and oxygen atoms in total. The van der Waals surface area contributed by atoms with Crippen molar-refractivity contribution >= 4 is 18.2 Å². The molecule has 0 fully saturated rings. The minimum atomic E-state index is 0.488. The second kappa shape index (κ2) is 4.89. The number of hydrogen-bond donors (Lipinski definition) is 1. The molecule has 84 valence electrons. The molecule has 0 aromatic carbocycles. The Morgan fingerprint density at radius 2 is 2.44 bits per heavy atom. The van der Waals surface area contributed by atoms with E-state index in [0.29, 0.717) is 17.3 Å². The Kier molecular flexibility index (Phi) is 3.31. The van der Waals surface area contributed by atoms with E-state index in [-0.39, 0.29) is 0 Å². The van der Waals surface area contributed by atoms with Crippen molar-refractivity contribution < 1.29 is 4.42 Å². The van der Waals surface area contributed by atoms with Crippen molar-refractivity contribution in [3.8, 4) is 0 Å².